The van der Waals surface area contributed by atoms with Gasteiger partial charge < -0.3 is 19.5 Å². The fraction of sp³-hybridized carbons (Fsp3) is 0.300. The van der Waals surface area contributed by atoms with Gasteiger partial charge in [0, 0.05) is 47.8 Å². The predicted molar refractivity (Wildman–Crippen MR) is 114 cm³/mol. The van der Waals surface area contributed by atoms with Crippen LogP contribution in [-0.2, 0) is 9.84 Å². The van der Waals surface area contributed by atoms with Crippen LogP contribution in [0.25, 0.3) is 10.9 Å². The van der Waals surface area contributed by atoms with Crippen molar-refractivity contribution >= 4 is 42.4 Å². The molecule has 0 atom stereocenters. The second-order valence-corrected chi connectivity index (χ2v) is 9.80. The molecular weight excluding hydrogens is 442 g/mol. The molecule has 8 heteroatoms. The van der Waals surface area contributed by atoms with E-state index in [4.69, 9.17) is 4.74 Å². The van der Waals surface area contributed by atoms with E-state index in [1.807, 2.05) is 18.2 Å². The Morgan fingerprint density at radius 3 is 2.54 bits per heavy atom. The molecule has 0 spiro atoms. The molecule has 1 saturated heterocycles. The number of sulfone groups is 1. The monoisotopic (exact) mass is 463 g/mol. The van der Waals surface area contributed by atoms with Crippen molar-refractivity contribution in [2.24, 2.45) is 0 Å². The van der Waals surface area contributed by atoms with E-state index in [9.17, 15) is 8.42 Å². The standard InChI is InChI=1S/C20H22BrN3O3S/c1-23-7-9-24(10-8-23)18-12-15(4-6-19(18)27-2)28(25,26)20-13-22-17-5-3-14(21)11-16(17)20/h3-6,11-13,22H,7-10H2,1-2H3. The first-order valence-electron chi connectivity index (χ1n) is 9.03. The summed E-state index contributed by atoms with van der Waals surface area (Å²) in [7, 11) is 0.0186. The van der Waals surface area contributed by atoms with Gasteiger partial charge in [-0.3, -0.25) is 0 Å². The fourth-order valence-corrected chi connectivity index (χ4v) is 5.35. The third-order valence-electron chi connectivity index (χ3n) is 5.20. The number of hydrogen-bond acceptors (Lipinski definition) is 5. The molecule has 0 bridgehead atoms. The maximum absolute atomic E-state index is 13.4. The van der Waals surface area contributed by atoms with E-state index >= 15 is 0 Å². The van der Waals surface area contributed by atoms with Crippen LogP contribution in [0.4, 0.5) is 5.69 Å². The molecule has 0 radical (unpaired) electrons. The molecule has 1 fully saturated rings. The molecule has 1 aliphatic rings. The van der Waals surface area contributed by atoms with Crippen molar-refractivity contribution in [3.63, 3.8) is 0 Å². The average Bonchev–Trinajstić information content (AvgIpc) is 3.12. The molecule has 1 N–H and O–H groups in total. The van der Waals surface area contributed by atoms with Gasteiger partial charge in [0.2, 0.25) is 9.84 Å². The average molecular weight is 464 g/mol. The van der Waals surface area contributed by atoms with Crippen molar-refractivity contribution in [3.8, 4) is 5.75 Å². The summed E-state index contributed by atoms with van der Waals surface area (Å²) >= 11 is 3.43. The summed E-state index contributed by atoms with van der Waals surface area (Å²) in [6.45, 7) is 3.51. The van der Waals surface area contributed by atoms with E-state index in [1.54, 1.807) is 31.5 Å². The fourth-order valence-electron chi connectivity index (χ4n) is 3.55. The first-order valence-corrected chi connectivity index (χ1v) is 11.3. The van der Waals surface area contributed by atoms with Crippen LogP contribution in [0.5, 0.6) is 5.75 Å². The Hall–Kier alpha value is -2.03. The summed E-state index contributed by atoms with van der Waals surface area (Å²) in [6, 6.07) is 10.7. The number of anilines is 1. The molecule has 4 rings (SSSR count). The maximum atomic E-state index is 13.4. The molecule has 28 heavy (non-hydrogen) atoms. The van der Waals surface area contributed by atoms with Crippen LogP contribution in [0.2, 0.25) is 0 Å². The lowest BCUT2D eigenvalue weighted by molar-refractivity contribution is 0.311. The third kappa shape index (κ3) is 3.40. The topological polar surface area (TPSA) is 65.6 Å². The Morgan fingerprint density at radius 2 is 1.82 bits per heavy atom. The van der Waals surface area contributed by atoms with Crippen molar-refractivity contribution in [1.29, 1.82) is 0 Å². The number of piperazine rings is 1. The lowest BCUT2D eigenvalue weighted by atomic mass is 10.2. The minimum atomic E-state index is -3.68. The number of likely N-dealkylation sites (N-methyl/N-ethyl adjacent to an activating group) is 1. The molecule has 2 heterocycles. The lowest BCUT2D eigenvalue weighted by Crippen LogP contribution is -2.44. The lowest BCUT2D eigenvalue weighted by Gasteiger charge is -2.34. The smallest absolute Gasteiger partial charge is 0.208 e. The minimum absolute atomic E-state index is 0.267. The molecule has 3 aromatic rings. The van der Waals surface area contributed by atoms with Gasteiger partial charge in [0.05, 0.1) is 22.6 Å². The highest BCUT2D eigenvalue weighted by Crippen LogP contribution is 2.35. The molecule has 0 amide bonds. The summed E-state index contributed by atoms with van der Waals surface area (Å²) in [6.07, 6.45) is 1.56. The number of halogens is 1. The van der Waals surface area contributed by atoms with Crippen LogP contribution in [0, 0.1) is 0 Å². The number of H-pyrrole nitrogens is 1. The Kier molecular flexibility index (Phi) is 5.11. The van der Waals surface area contributed by atoms with Gasteiger partial charge in [0.25, 0.3) is 0 Å². The second-order valence-electron chi connectivity index (χ2n) is 6.97. The molecule has 0 unspecified atom stereocenters. The van der Waals surface area contributed by atoms with Gasteiger partial charge in [-0.05, 0) is 43.4 Å². The van der Waals surface area contributed by atoms with Gasteiger partial charge in [-0.25, -0.2) is 8.42 Å². The highest BCUT2D eigenvalue weighted by Gasteiger charge is 2.25. The van der Waals surface area contributed by atoms with Gasteiger partial charge in [0.1, 0.15) is 5.75 Å². The number of nitrogens with one attached hydrogen (secondary N) is 1. The van der Waals surface area contributed by atoms with Gasteiger partial charge in [-0.1, -0.05) is 15.9 Å². The highest BCUT2D eigenvalue weighted by atomic mass is 79.9. The second kappa shape index (κ2) is 7.42. The van der Waals surface area contributed by atoms with Crippen LogP contribution in [0.3, 0.4) is 0 Å². The van der Waals surface area contributed by atoms with Crippen molar-refractivity contribution in [3.05, 3.63) is 47.1 Å². The van der Waals surface area contributed by atoms with E-state index in [0.717, 1.165) is 41.9 Å². The van der Waals surface area contributed by atoms with E-state index in [1.165, 1.54) is 0 Å². The zero-order valence-corrected chi connectivity index (χ0v) is 18.2. The summed E-state index contributed by atoms with van der Waals surface area (Å²) < 4.78 is 33.2. The van der Waals surface area contributed by atoms with Gasteiger partial charge in [-0.2, -0.15) is 0 Å². The number of aromatic amines is 1. The van der Waals surface area contributed by atoms with Crippen LogP contribution in [0.1, 0.15) is 0 Å². The number of methoxy groups -OCH3 is 1. The molecule has 148 valence electrons. The van der Waals surface area contributed by atoms with Gasteiger partial charge >= 0.3 is 0 Å². The Labute approximate surface area is 173 Å². The quantitative estimate of drug-likeness (QED) is 0.640. The number of fused-ring (bicyclic) bond motifs is 1. The Morgan fingerprint density at radius 1 is 1.07 bits per heavy atom. The van der Waals surface area contributed by atoms with Crippen molar-refractivity contribution in [2.45, 2.75) is 9.79 Å². The Balaban J connectivity index is 1.79. The normalized spacial score (nSPS) is 15.9. The van der Waals surface area contributed by atoms with Crippen LogP contribution in [-0.4, -0.2) is 58.6 Å². The van der Waals surface area contributed by atoms with Crippen molar-refractivity contribution in [1.82, 2.24) is 9.88 Å². The van der Waals surface area contributed by atoms with E-state index in [2.05, 4.69) is 37.8 Å². The zero-order valence-electron chi connectivity index (χ0n) is 15.8. The first-order chi connectivity index (χ1) is 13.4. The molecule has 6 nitrogen and oxygen atoms in total. The third-order valence-corrected chi connectivity index (χ3v) is 7.48. The SMILES string of the molecule is COc1ccc(S(=O)(=O)c2c[nH]c3ccc(Br)cc23)cc1N1CCN(C)CC1. The van der Waals surface area contributed by atoms with E-state index < -0.39 is 9.84 Å². The maximum Gasteiger partial charge on any atom is 0.208 e. The van der Waals surface area contributed by atoms with Gasteiger partial charge in [0.15, 0.2) is 0 Å². The number of nitrogens with zero attached hydrogens (tertiary/aromatic N) is 2. The number of ether oxygens (including phenoxy) is 1. The Bertz CT molecular complexity index is 1120. The summed E-state index contributed by atoms with van der Waals surface area (Å²) in [5.41, 5.74) is 1.60. The molecule has 1 aliphatic heterocycles. The van der Waals surface area contributed by atoms with Crippen LogP contribution in [0.15, 0.2) is 56.9 Å². The number of benzene rings is 2. The summed E-state index contributed by atoms with van der Waals surface area (Å²) in [4.78, 5) is 8.04. The first kappa shape index (κ1) is 19.3. The van der Waals surface area contributed by atoms with E-state index in [-0.39, 0.29) is 9.79 Å². The molecule has 0 aliphatic carbocycles. The predicted octanol–water partition coefficient (Wildman–Crippen LogP) is 3.52. The number of rotatable bonds is 4. The molecule has 1 aromatic heterocycles. The number of hydrogen-bond donors (Lipinski definition) is 1. The highest BCUT2D eigenvalue weighted by molar-refractivity contribution is 9.10. The summed E-state index contributed by atoms with van der Waals surface area (Å²) in [5, 5.41) is 0.673. The molecule has 0 saturated carbocycles. The van der Waals surface area contributed by atoms with E-state index in [0.29, 0.717) is 11.1 Å². The van der Waals surface area contributed by atoms with Crippen molar-refractivity contribution in [2.75, 3.05) is 45.2 Å². The zero-order chi connectivity index (χ0) is 19.9. The van der Waals surface area contributed by atoms with Crippen LogP contribution < -0.4 is 9.64 Å². The van der Waals surface area contributed by atoms with Crippen molar-refractivity contribution < 1.29 is 13.2 Å². The van der Waals surface area contributed by atoms with Crippen LogP contribution >= 0.6 is 15.9 Å². The largest absolute Gasteiger partial charge is 0.495 e. The molecule has 2 aromatic carbocycles. The molecular formula is C20H22BrN3O3S. The summed E-state index contributed by atoms with van der Waals surface area (Å²) in [5.74, 6) is 0.685. The minimum Gasteiger partial charge on any atom is -0.495 e. The number of aromatic nitrogens is 1. The van der Waals surface area contributed by atoms with Gasteiger partial charge in [-0.15, -0.1) is 0 Å².